The van der Waals surface area contributed by atoms with Crippen LogP contribution in [0.5, 0.6) is 0 Å². The topological polar surface area (TPSA) is 63.7 Å². The van der Waals surface area contributed by atoms with Crippen LogP contribution in [0, 0.1) is 11.3 Å². The molecule has 0 N–H and O–H groups in total. The summed E-state index contributed by atoms with van der Waals surface area (Å²) in [4.78, 5) is 0. The van der Waals surface area contributed by atoms with Gasteiger partial charge in [-0.15, -0.1) is 5.10 Å². The number of ether oxygens (including phenoxy) is 1. The molecule has 1 rings (SSSR count). The molecule has 0 saturated heterocycles. The average Bonchev–Trinajstić information content (AvgIpc) is 2.68. The van der Waals surface area contributed by atoms with Gasteiger partial charge in [-0.3, -0.25) is 0 Å². The molecule has 0 fully saturated rings. The fourth-order valence-corrected chi connectivity index (χ4v) is 1.42. The highest BCUT2D eigenvalue weighted by Gasteiger charge is 2.21. The van der Waals surface area contributed by atoms with Gasteiger partial charge in [0.15, 0.2) is 0 Å². The van der Waals surface area contributed by atoms with Crippen LogP contribution < -0.4 is 0 Å². The number of hydrogen-bond acceptors (Lipinski definition) is 4. The molecule has 0 radical (unpaired) electrons. The van der Waals surface area contributed by atoms with Crippen LogP contribution in [0.1, 0.15) is 31.2 Å². The predicted molar refractivity (Wildman–Crippen MR) is 55.4 cm³/mol. The molecule has 1 aromatic heterocycles. The number of halogens is 2. The van der Waals surface area contributed by atoms with Crippen molar-refractivity contribution in [1.82, 2.24) is 15.0 Å². The summed E-state index contributed by atoms with van der Waals surface area (Å²) in [6, 6.07) is 1.80. The van der Waals surface area contributed by atoms with E-state index in [9.17, 15) is 8.78 Å². The van der Waals surface area contributed by atoms with Crippen molar-refractivity contribution in [2.45, 2.75) is 32.7 Å². The van der Waals surface area contributed by atoms with E-state index in [1.165, 1.54) is 0 Å². The van der Waals surface area contributed by atoms with Gasteiger partial charge in [0.25, 0.3) is 6.43 Å². The van der Waals surface area contributed by atoms with Gasteiger partial charge in [0.05, 0.1) is 12.5 Å². The quantitative estimate of drug-likeness (QED) is 0.685. The van der Waals surface area contributed by atoms with Gasteiger partial charge in [0, 0.05) is 19.8 Å². The smallest absolute Gasteiger partial charge is 0.281 e. The molecule has 5 nitrogen and oxygen atoms in total. The molecule has 94 valence electrons. The summed E-state index contributed by atoms with van der Waals surface area (Å²) in [5.41, 5.74) is -0.207. The summed E-state index contributed by atoms with van der Waals surface area (Å²) in [6.07, 6.45) is -2.23. The van der Waals surface area contributed by atoms with Crippen LogP contribution >= 0.6 is 0 Å². The number of hydrogen-bond donors (Lipinski definition) is 0. The molecule has 0 bridgehead atoms. The van der Waals surface area contributed by atoms with Gasteiger partial charge in [-0.05, 0) is 13.3 Å². The monoisotopic (exact) mass is 244 g/mol. The summed E-state index contributed by atoms with van der Waals surface area (Å²) in [5, 5.41) is 15.7. The van der Waals surface area contributed by atoms with Crippen molar-refractivity contribution in [3.63, 3.8) is 0 Å². The molecule has 17 heavy (non-hydrogen) atoms. The van der Waals surface area contributed by atoms with Crippen LogP contribution in [0.4, 0.5) is 8.78 Å². The normalized spacial score (nSPS) is 10.8. The minimum Gasteiger partial charge on any atom is -0.382 e. The Hall–Kier alpha value is -1.55. The van der Waals surface area contributed by atoms with E-state index in [1.54, 1.807) is 6.07 Å². The number of aromatic nitrogens is 3. The summed E-state index contributed by atoms with van der Waals surface area (Å²) < 4.78 is 31.8. The van der Waals surface area contributed by atoms with Crippen LogP contribution in [-0.2, 0) is 17.7 Å². The van der Waals surface area contributed by atoms with Crippen molar-refractivity contribution in [3.8, 4) is 6.07 Å². The number of aryl methyl sites for hydroxylation is 1. The molecule has 0 amide bonds. The first-order valence-electron chi connectivity index (χ1n) is 5.35. The van der Waals surface area contributed by atoms with Gasteiger partial charge in [-0.25, -0.2) is 13.5 Å². The zero-order chi connectivity index (χ0) is 12.7. The van der Waals surface area contributed by atoms with Gasteiger partial charge in [-0.1, -0.05) is 5.21 Å². The van der Waals surface area contributed by atoms with E-state index in [2.05, 4.69) is 10.3 Å². The first kappa shape index (κ1) is 13.5. The van der Waals surface area contributed by atoms with Crippen LogP contribution in [0.15, 0.2) is 0 Å². The molecular formula is C10H14F2N4O. The maximum absolute atomic E-state index is 12.8. The fraction of sp³-hybridized carbons (Fsp3) is 0.700. The highest BCUT2D eigenvalue weighted by Crippen LogP contribution is 2.21. The molecule has 1 aromatic rings. The highest BCUT2D eigenvalue weighted by atomic mass is 19.3. The number of rotatable bonds is 7. The number of alkyl halides is 2. The average molecular weight is 244 g/mol. The van der Waals surface area contributed by atoms with Gasteiger partial charge in [-0.2, -0.15) is 5.26 Å². The van der Waals surface area contributed by atoms with E-state index in [-0.39, 0.29) is 17.8 Å². The standard InChI is InChI=1S/C10H14F2N4O/c1-2-17-7-3-6-16-9(10(11)12)8(4-5-13)14-15-16/h10H,2-4,6-7H2,1H3. The lowest BCUT2D eigenvalue weighted by Crippen LogP contribution is -2.09. The van der Waals surface area contributed by atoms with E-state index >= 15 is 0 Å². The second-order valence-corrected chi connectivity index (χ2v) is 3.33. The molecule has 0 atom stereocenters. The minimum absolute atomic E-state index is 0.0545. The lowest BCUT2D eigenvalue weighted by Gasteiger charge is -2.06. The van der Waals surface area contributed by atoms with E-state index in [4.69, 9.17) is 10.00 Å². The second kappa shape index (κ2) is 6.91. The summed E-state index contributed by atoms with van der Waals surface area (Å²) in [7, 11) is 0. The van der Waals surface area contributed by atoms with Crippen molar-refractivity contribution in [3.05, 3.63) is 11.4 Å². The van der Waals surface area contributed by atoms with E-state index in [0.29, 0.717) is 26.2 Å². The van der Waals surface area contributed by atoms with Gasteiger partial charge >= 0.3 is 0 Å². The number of nitrogens with zero attached hydrogens (tertiary/aromatic N) is 4. The molecule has 0 spiro atoms. The van der Waals surface area contributed by atoms with Crippen LogP contribution in [-0.4, -0.2) is 28.2 Å². The molecular weight excluding hydrogens is 230 g/mol. The Balaban J connectivity index is 2.68. The number of nitriles is 1. The zero-order valence-electron chi connectivity index (χ0n) is 9.57. The lowest BCUT2D eigenvalue weighted by atomic mass is 10.2. The van der Waals surface area contributed by atoms with Crippen LogP contribution in [0.2, 0.25) is 0 Å². The Morgan fingerprint density at radius 3 is 2.88 bits per heavy atom. The fourth-order valence-electron chi connectivity index (χ4n) is 1.42. The van der Waals surface area contributed by atoms with Crippen molar-refractivity contribution < 1.29 is 13.5 Å². The van der Waals surface area contributed by atoms with Crippen molar-refractivity contribution in [2.24, 2.45) is 0 Å². The Kier molecular flexibility index (Phi) is 5.49. The maximum Gasteiger partial charge on any atom is 0.281 e. The van der Waals surface area contributed by atoms with Crippen LogP contribution in [0.25, 0.3) is 0 Å². The predicted octanol–water partition coefficient (Wildman–Crippen LogP) is 1.71. The largest absolute Gasteiger partial charge is 0.382 e. The minimum atomic E-state index is -2.67. The first-order valence-corrected chi connectivity index (χ1v) is 5.35. The molecule has 0 aliphatic heterocycles. The summed E-state index contributed by atoms with van der Waals surface area (Å²) >= 11 is 0. The maximum atomic E-state index is 12.8. The highest BCUT2D eigenvalue weighted by molar-refractivity contribution is 5.15. The second-order valence-electron chi connectivity index (χ2n) is 3.33. The van der Waals surface area contributed by atoms with Gasteiger partial charge in [0.2, 0.25) is 0 Å². The molecule has 0 aliphatic rings. The van der Waals surface area contributed by atoms with Crippen LogP contribution in [0.3, 0.4) is 0 Å². The third kappa shape index (κ3) is 3.75. The van der Waals surface area contributed by atoms with E-state index in [0.717, 1.165) is 4.68 Å². The molecule has 0 aliphatic carbocycles. The third-order valence-corrected chi connectivity index (χ3v) is 2.16. The molecule has 1 heterocycles. The molecule has 0 unspecified atom stereocenters. The molecule has 0 saturated carbocycles. The first-order chi connectivity index (χ1) is 8.20. The lowest BCUT2D eigenvalue weighted by molar-refractivity contribution is 0.127. The Morgan fingerprint density at radius 1 is 1.53 bits per heavy atom. The van der Waals surface area contributed by atoms with Gasteiger partial charge in [0.1, 0.15) is 11.4 Å². The third-order valence-electron chi connectivity index (χ3n) is 2.16. The Bertz CT molecular complexity index is 386. The molecule has 0 aromatic carbocycles. The van der Waals surface area contributed by atoms with Crippen molar-refractivity contribution in [1.29, 1.82) is 5.26 Å². The van der Waals surface area contributed by atoms with E-state index in [1.807, 2.05) is 6.92 Å². The van der Waals surface area contributed by atoms with Gasteiger partial charge < -0.3 is 4.74 Å². The molecule has 7 heteroatoms. The SMILES string of the molecule is CCOCCCn1nnc(CC#N)c1C(F)F. The Labute approximate surface area is 98.0 Å². The summed E-state index contributed by atoms with van der Waals surface area (Å²) in [6.45, 7) is 3.27. The van der Waals surface area contributed by atoms with Crippen molar-refractivity contribution in [2.75, 3.05) is 13.2 Å². The Morgan fingerprint density at radius 2 is 2.29 bits per heavy atom. The zero-order valence-corrected chi connectivity index (χ0v) is 9.57. The summed E-state index contributed by atoms with van der Waals surface area (Å²) in [5.74, 6) is 0. The van der Waals surface area contributed by atoms with E-state index < -0.39 is 6.43 Å². The van der Waals surface area contributed by atoms with Crippen molar-refractivity contribution >= 4 is 0 Å².